The van der Waals surface area contributed by atoms with E-state index in [9.17, 15) is 5.26 Å². The quantitative estimate of drug-likeness (QED) is 0.888. The molecule has 0 bridgehead atoms. The van der Waals surface area contributed by atoms with Crippen LogP contribution in [0, 0.1) is 11.3 Å². The second kappa shape index (κ2) is 4.66. The molecule has 1 aliphatic heterocycles. The second-order valence-corrected chi connectivity index (χ2v) is 4.72. The lowest BCUT2D eigenvalue weighted by atomic mass is 10.1. The molecular weight excluding hydrogens is 234 g/mol. The van der Waals surface area contributed by atoms with Crippen molar-refractivity contribution in [2.75, 3.05) is 17.3 Å². The highest BCUT2D eigenvalue weighted by Gasteiger charge is 2.21. The fraction of sp³-hybridized carbons (Fsp3) is 0.188. The third kappa shape index (κ3) is 2.02. The van der Waals surface area contributed by atoms with Crippen LogP contribution in [-0.2, 0) is 13.1 Å². The van der Waals surface area contributed by atoms with E-state index in [1.165, 1.54) is 11.1 Å². The lowest BCUT2D eigenvalue weighted by Gasteiger charge is -2.18. The van der Waals surface area contributed by atoms with Crippen LogP contribution in [0.4, 0.5) is 11.4 Å². The number of rotatable bonds is 2. The molecule has 19 heavy (non-hydrogen) atoms. The SMILES string of the molecule is CNc1ccc2c(c1)CN(c1ccccc1C#N)C2. The average molecular weight is 249 g/mol. The van der Waals surface area contributed by atoms with E-state index >= 15 is 0 Å². The van der Waals surface area contributed by atoms with Gasteiger partial charge in [-0.2, -0.15) is 5.26 Å². The van der Waals surface area contributed by atoms with Crippen LogP contribution in [0.5, 0.6) is 0 Å². The normalized spacial score (nSPS) is 12.9. The predicted molar refractivity (Wildman–Crippen MR) is 77.0 cm³/mol. The van der Waals surface area contributed by atoms with Gasteiger partial charge in [0.05, 0.1) is 11.3 Å². The first-order valence-corrected chi connectivity index (χ1v) is 6.35. The van der Waals surface area contributed by atoms with Crippen molar-refractivity contribution in [3.63, 3.8) is 0 Å². The summed E-state index contributed by atoms with van der Waals surface area (Å²) in [5.74, 6) is 0. The Morgan fingerprint density at radius 1 is 1.11 bits per heavy atom. The number of benzene rings is 2. The lowest BCUT2D eigenvalue weighted by Crippen LogP contribution is -2.15. The highest BCUT2D eigenvalue weighted by atomic mass is 15.1. The van der Waals surface area contributed by atoms with E-state index in [1.807, 2.05) is 31.3 Å². The fourth-order valence-electron chi connectivity index (χ4n) is 2.56. The second-order valence-electron chi connectivity index (χ2n) is 4.72. The summed E-state index contributed by atoms with van der Waals surface area (Å²) in [6.45, 7) is 1.74. The summed E-state index contributed by atoms with van der Waals surface area (Å²) in [5, 5.41) is 12.4. The first-order valence-electron chi connectivity index (χ1n) is 6.35. The monoisotopic (exact) mass is 249 g/mol. The Bertz CT molecular complexity index is 655. The molecule has 0 amide bonds. The Balaban J connectivity index is 1.93. The van der Waals surface area contributed by atoms with Crippen LogP contribution in [0.3, 0.4) is 0 Å². The number of fused-ring (bicyclic) bond motifs is 1. The van der Waals surface area contributed by atoms with Gasteiger partial charge in [0.1, 0.15) is 6.07 Å². The first kappa shape index (κ1) is 11.6. The zero-order valence-corrected chi connectivity index (χ0v) is 10.9. The topological polar surface area (TPSA) is 39.1 Å². The summed E-state index contributed by atoms with van der Waals surface area (Å²) < 4.78 is 0. The third-order valence-corrected chi connectivity index (χ3v) is 3.58. The number of anilines is 2. The maximum Gasteiger partial charge on any atom is 0.101 e. The number of nitriles is 1. The van der Waals surface area contributed by atoms with Gasteiger partial charge in [-0.15, -0.1) is 0 Å². The van der Waals surface area contributed by atoms with Crippen molar-refractivity contribution in [1.29, 1.82) is 5.26 Å². The van der Waals surface area contributed by atoms with Crippen molar-refractivity contribution in [2.45, 2.75) is 13.1 Å². The van der Waals surface area contributed by atoms with Crippen LogP contribution in [-0.4, -0.2) is 7.05 Å². The van der Waals surface area contributed by atoms with Gasteiger partial charge < -0.3 is 10.2 Å². The molecule has 0 saturated carbocycles. The van der Waals surface area contributed by atoms with Gasteiger partial charge in [-0.25, -0.2) is 0 Å². The van der Waals surface area contributed by atoms with Gasteiger partial charge in [0, 0.05) is 25.8 Å². The van der Waals surface area contributed by atoms with E-state index in [0.29, 0.717) is 0 Å². The van der Waals surface area contributed by atoms with E-state index in [0.717, 1.165) is 30.0 Å². The van der Waals surface area contributed by atoms with Crippen LogP contribution < -0.4 is 10.2 Å². The summed E-state index contributed by atoms with van der Waals surface area (Å²) in [4.78, 5) is 2.25. The number of hydrogen-bond acceptors (Lipinski definition) is 3. The van der Waals surface area contributed by atoms with Crippen LogP contribution in [0.1, 0.15) is 16.7 Å². The maximum atomic E-state index is 9.19. The van der Waals surface area contributed by atoms with Crippen molar-refractivity contribution in [1.82, 2.24) is 0 Å². The van der Waals surface area contributed by atoms with Gasteiger partial charge >= 0.3 is 0 Å². The fourth-order valence-corrected chi connectivity index (χ4v) is 2.56. The Morgan fingerprint density at radius 3 is 2.68 bits per heavy atom. The van der Waals surface area contributed by atoms with E-state index in [-0.39, 0.29) is 0 Å². The van der Waals surface area contributed by atoms with Crippen LogP contribution in [0.2, 0.25) is 0 Å². The zero-order valence-electron chi connectivity index (χ0n) is 10.9. The van der Waals surface area contributed by atoms with Crippen molar-refractivity contribution < 1.29 is 0 Å². The third-order valence-electron chi connectivity index (χ3n) is 3.58. The number of nitrogens with one attached hydrogen (secondary N) is 1. The molecule has 0 fully saturated rings. The van der Waals surface area contributed by atoms with E-state index in [1.54, 1.807) is 0 Å². The molecule has 2 aromatic carbocycles. The van der Waals surface area contributed by atoms with E-state index in [2.05, 4.69) is 34.5 Å². The molecule has 3 heteroatoms. The smallest absolute Gasteiger partial charge is 0.101 e. The zero-order chi connectivity index (χ0) is 13.2. The largest absolute Gasteiger partial charge is 0.388 e. The molecule has 1 heterocycles. The Hall–Kier alpha value is -2.47. The molecule has 0 radical (unpaired) electrons. The molecule has 94 valence electrons. The minimum atomic E-state index is 0.740. The van der Waals surface area contributed by atoms with Gasteiger partial charge in [0.15, 0.2) is 0 Å². The van der Waals surface area contributed by atoms with Crippen molar-refractivity contribution in [2.24, 2.45) is 0 Å². The molecule has 0 saturated heterocycles. The molecule has 2 aromatic rings. The predicted octanol–water partition coefficient (Wildman–Crippen LogP) is 3.12. The molecule has 0 aromatic heterocycles. The van der Waals surface area contributed by atoms with E-state index in [4.69, 9.17) is 0 Å². The summed E-state index contributed by atoms with van der Waals surface area (Å²) >= 11 is 0. The molecule has 0 unspecified atom stereocenters. The van der Waals surface area contributed by atoms with Crippen LogP contribution in [0.25, 0.3) is 0 Å². The van der Waals surface area contributed by atoms with Crippen LogP contribution >= 0.6 is 0 Å². The van der Waals surface area contributed by atoms with Gasteiger partial charge in [0.25, 0.3) is 0 Å². The van der Waals surface area contributed by atoms with Gasteiger partial charge in [-0.1, -0.05) is 18.2 Å². The summed E-state index contributed by atoms with van der Waals surface area (Å²) in [6.07, 6.45) is 0. The van der Waals surface area contributed by atoms with E-state index < -0.39 is 0 Å². The lowest BCUT2D eigenvalue weighted by molar-refractivity contribution is 0.878. The minimum absolute atomic E-state index is 0.740. The minimum Gasteiger partial charge on any atom is -0.388 e. The molecule has 0 aliphatic carbocycles. The van der Waals surface area contributed by atoms with Crippen molar-refractivity contribution >= 4 is 11.4 Å². The van der Waals surface area contributed by atoms with Gasteiger partial charge in [-0.05, 0) is 35.4 Å². The number of para-hydroxylation sites is 1. The Morgan fingerprint density at radius 2 is 1.89 bits per heavy atom. The molecule has 0 atom stereocenters. The highest BCUT2D eigenvalue weighted by Crippen LogP contribution is 2.31. The molecule has 1 aliphatic rings. The Kier molecular flexibility index (Phi) is 2.85. The standard InChI is InChI=1S/C16H15N3/c1-18-15-7-6-13-10-19(11-14(13)8-15)16-5-3-2-4-12(16)9-17/h2-8,18H,10-11H2,1H3. The molecule has 3 nitrogen and oxygen atoms in total. The maximum absolute atomic E-state index is 9.19. The summed E-state index contributed by atoms with van der Waals surface area (Å²) in [5.41, 5.74) is 5.57. The molecule has 1 N–H and O–H groups in total. The highest BCUT2D eigenvalue weighted by molar-refractivity contribution is 5.62. The summed E-state index contributed by atoms with van der Waals surface area (Å²) in [6, 6.07) is 16.5. The van der Waals surface area contributed by atoms with Crippen LogP contribution in [0.15, 0.2) is 42.5 Å². The van der Waals surface area contributed by atoms with Crippen molar-refractivity contribution in [3.8, 4) is 6.07 Å². The number of hydrogen-bond donors (Lipinski definition) is 1. The first-order chi connectivity index (χ1) is 9.31. The molecule has 0 spiro atoms. The van der Waals surface area contributed by atoms with Crippen molar-refractivity contribution in [3.05, 3.63) is 59.2 Å². The average Bonchev–Trinajstić information content (AvgIpc) is 2.89. The molecule has 3 rings (SSSR count). The Labute approximate surface area is 113 Å². The van der Waals surface area contributed by atoms with Gasteiger partial charge in [0.2, 0.25) is 0 Å². The van der Waals surface area contributed by atoms with Gasteiger partial charge in [-0.3, -0.25) is 0 Å². The molecular formula is C16H15N3. The summed E-state index contributed by atoms with van der Waals surface area (Å²) in [7, 11) is 1.93. The number of nitrogens with zero attached hydrogens (tertiary/aromatic N) is 2.